The van der Waals surface area contributed by atoms with Gasteiger partial charge in [0.15, 0.2) is 0 Å². The van der Waals surface area contributed by atoms with Crippen molar-refractivity contribution < 1.29 is 20.1 Å². The van der Waals surface area contributed by atoms with Crippen molar-refractivity contribution >= 4 is 11.6 Å². The van der Waals surface area contributed by atoms with Gasteiger partial charge < -0.3 is 20.1 Å². The van der Waals surface area contributed by atoms with Crippen LogP contribution in [-0.4, -0.2) is 40.2 Å². The van der Waals surface area contributed by atoms with Crippen LogP contribution in [0.2, 0.25) is 5.02 Å². The summed E-state index contributed by atoms with van der Waals surface area (Å²) >= 11 is 6.74. The summed E-state index contributed by atoms with van der Waals surface area (Å²) in [6, 6.07) is 12.6. The Labute approximate surface area is 188 Å². The summed E-state index contributed by atoms with van der Waals surface area (Å²) < 4.78 is 6.43. The molecule has 31 heavy (non-hydrogen) atoms. The van der Waals surface area contributed by atoms with E-state index in [1.54, 1.807) is 0 Å². The fourth-order valence-electron chi connectivity index (χ4n) is 6.05. The molecule has 4 nitrogen and oxygen atoms in total. The van der Waals surface area contributed by atoms with Crippen molar-refractivity contribution in [3.8, 4) is 0 Å². The molecule has 1 spiro atoms. The van der Waals surface area contributed by atoms with Gasteiger partial charge in [0, 0.05) is 11.4 Å². The number of rotatable bonds is 4. The SMILES string of the molecule is CCc1ccc(Cc2c(Cl)ccc3c2CC2CC(C2)C32OC(CO)C(O)CC2O)cc1. The molecule has 4 atom stereocenters. The van der Waals surface area contributed by atoms with E-state index in [1.165, 1.54) is 16.7 Å². The van der Waals surface area contributed by atoms with Crippen LogP contribution in [0.3, 0.4) is 0 Å². The molecular formula is C26H31ClO4. The number of ether oxygens (including phenoxy) is 1. The minimum Gasteiger partial charge on any atom is -0.394 e. The predicted octanol–water partition coefficient (Wildman–Crippen LogP) is 3.77. The first kappa shape index (κ1) is 21.4. The maximum absolute atomic E-state index is 11.2. The number of aliphatic hydroxyl groups is 3. The average Bonchev–Trinajstić information content (AvgIpc) is 2.96. The lowest BCUT2D eigenvalue weighted by Crippen LogP contribution is -2.60. The second kappa shape index (κ2) is 8.17. The Bertz CT molecular complexity index is 953. The molecule has 5 heteroatoms. The largest absolute Gasteiger partial charge is 0.394 e. The van der Waals surface area contributed by atoms with Crippen LogP contribution in [0.4, 0.5) is 0 Å². The van der Waals surface area contributed by atoms with Crippen molar-refractivity contribution in [1.29, 1.82) is 0 Å². The number of hydrogen-bond acceptors (Lipinski definition) is 4. The fraction of sp³-hybridized carbons (Fsp3) is 0.538. The van der Waals surface area contributed by atoms with Crippen LogP contribution in [-0.2, 0) is 29.6 Å². The molecule has 2 aromatic rings. The van der Waals surface area contributed by atoms with E-state index in [0.717, 1.165) is 48.3 Å². The highest BCUT2D eigenvalue weighted by molar-refractivity contribution is 6.31. The normalized spacial score (nSPS) is 34.2. The molecule has 0 amide bonds. The third kappa shape index (κ3) is 3.44. The first-order valence-corrected chi connectivity index (χ1v) is 11.9. The van der Waals surface area contributed by atoms with E-state index in [0.29, 0.717) is 5.92 Å². The van der Waals surface area contributed by atoms with Gasteiger partial charge >= 0.3 is 0 Å². The smallest absolute Gasteiger partial charge is 0.123 e. The summed E-state index contributed by atoms with van der Waals surface area (Å²) in [4.78, 5) is 0. The van der Waals surface area contributed by atoms with Crippen LogP contribution in [0.15, 0.2) is 36.4 Å². The molecule has 1 saturated heterocycles. The van der Waals surface area contributed by atoms with Crippen LogP contribution in [0.5, 0.6) is 0 Å². The van der Waals surface area contributed by atoms with E-state index in [4.69, 9.17) is 16.3 Å². The Morgan fingerprint density at radius 2 is 1.74 bits per heavy atom. The molecule has 2 fully saturated rings. The zero-order valence-corrected chi connectivity index (χ0v) is 18.7. The summed E-state index contributed by atoms with van der Waals surface area (Å²) in [5.41, 5.74) is 4.93. The van der Waals surface area contributed by atoms with E-state index in [2.05, 4.69) is 31.2 Å². The van der Waals surface area contributed by atoms with E-state index in [9.17, 15) is 15.3 Å². The van der Waals surface area contributed by atoms with Crippen molar-refractivity contribution in [2.75, 3.05) is 6.61 Å². The molecule has 166 valence electrons. The van der Waals surface area contributed by atoms with E-state index < -0.39 is 23.9 Å². The number of halogens is 1. The van der Waals surface area contributed by atoms with Crippen molar-refractivity contribution in [2.45, 2.75) is 69.4 Å². The molecule has 6 rings (SSSR count). The van der Waals surface area contributed by atoms with Crippen LogP contribution in [0.1, 0.15) is 54.0 Å². The lowest BCUT2D eigenvalue weighted by molar-refractivity contribution is -0.272. The van der Waals surface area contributed by atoms with Crippen molar-refractivity contribution in [3.05, 3.63) is 69.2 Å². The van der Waals surface area contributed by atoms with Gasteiger partial charge in [-0.3, -0.25) is 0 Å². The topological polar surface area (TPSA) is 69.9 Å². The molecule has 1 heterocycles. The summed E-state index contributed by atoms with van der Waals surface area (Å²) in [7, 11) is 0. The molecule has 0 radical (unpaired) electrons. The molecule has 2 aromatic carbocycles. The average molecular weight is 443 g/mol. The van der Waals surface area contributed by atoms with E-state index >= 15 is 0 Å². The van der Waals surface area contributed by atoms with Gasteiger partial charge in [-0.1, -0.05) is 48.9 Å². The lowest BCUT2D eigenvalue weighted by atomic mass is 9.63. The minimum absolute atomic E-state index is 0.188. The second-order valence-electron chi connectivity index (χ2n) is 9.59. The van der Waals surface area contributed by atoms with Gasteiger partial charge in [0.1, 0.15) is 11.7 Å². The van der Waals surface area contributed by atoms with Crippen LogP contribution >= 0.6 is 11.6 Å². The molecule has 4 aliphatic rings. The zero-order valence-electron chi connectivity index (χ0n) is 17.9. The number of aryl methyl sites for hydroxylation is 1. The lowest BCUT2D eigenvalue weighted by Gasteiger charge is -2.53. The molecule has 1 saturated carbocycles. The number of hydrogen-bond donors (Lipinski definition) is 3. The molecule has 1 aliphatic heterocycles. The Hall–Kier alpha value is -1.43. The number of benzene rings is 2. The number of aliphatic hydroxyl groups excluding tert-OH is 3. The third-order valence-corrected chi connectivity index (χ3v) is 8.21. The maximum Gasteiger partial charge on any atom is 0.123 e. The quantitative estimate of drug-likeness (QED) is 0.674. The van der Waals surface area contributed by atoms with Gasteiger partial charge in [-0.15, -0.1) is 0 Å². The fourth-order valence-corrected chi connectivity index (χ4v) is 6.29. The summed E-state index contributed by atoms with van der Waals surface area (Å²) in [6.45, 7) is 1.89. The van der Waals surface area contributed by atoms with Gasteiger partial charge in [0.2, 0.25) is 0 Å². The van der Waals surface area contributed by atoms with E-state index in [1.807, 2.05) is 12.1 Å². The van der Waals surface area contributed by atoms with Crippen molar-refractivity contribution in [2.24, 2.45) is 11.8 Å². The van der Waals surface area contributed by atoms with Crippen LogP contribution in [0, 0.1) is 11.8 Å². The zero-order chi connectivity index (χ0) is 21.8. The molecule has 3 N–H and O–H groups in total. The van der Waals surface area contributed by atoms with Gasteiger partial charge in [-0.05, 0) is 77.8 Å². The van der Waals surface area contributed by atoms with Crippen molar-refractivity contribution in [1.82, 2.24) is 0 Å². The Kier molecular flexibility index (Phi) is 5.64. The third-order valence-electron chi connectivity index (χ3n) is 7.86. The van der Waals surface area contributed by atoms with Crippen LogP contribution < -0.4 is 0 Å². The highest BCUT2D eigenvalue weighted by Crippen LogP contribution is 2.58. The molecule has 3 aliphatic carbocycles. The first-order chi connectivity index (χ1) is 15.0. The van der Waals surface area contributed by atoms with Gasteiger partial charge in [-0.25, -0.2) is 0 Å². The second-order valence-corrected chi connectivity index (χ2v) is 10.00. The van der Waals surface area contributed by atoms with E-state index in [-0.39, 0.29) is 18.9 Å². The Balaban J connectivity index is 1.60. The molecular weight excluding hydrogens is 412 g/mol. The standard InChI is InChI=1S/C26H31ClO4/c1-2-15-3-5-16(6-4-15)11-20-19-12-17-9-18(10-17)26(21(19)7-8-22(20)27)25(30)13-23(29)24(14-28)31-26/h3-8,17-18,23-25,28-30H,2,9-14H2,1H3. The highest BCUT2D eigenvalue weighted by Gasteiger charge is 2.59. The monoisotopic (exact) mass is 442 g/mol. The highest BCUT2D eigenvalue weighted by atomic mass is 35.5. The van der Waals surface area contributed by atoms with Crippen molar-refractivity contribution in [3.63, 3.8) is 0 Å². The maximum atomic E-state index is 11.2. The first-order valence-electron chi connectivity index (χ1n) is 11.5. The minimum atomic E-state index is -0.889. The molecule has 2 bridgehead atoms. The molecule has 0 aromatic heterocycles. The van der Waals surface area contributed by atoms with Gasteiger partial charge in [0.25, 0.3) is 0 Å². The summed E-state index contributed by atoms with van der Waals surface area (Å²) in [6.07, 6.45) is 2.51. The van der Waals surface area contributed by atoms with Gasteiger partial charge in [-0.2, -0.15) is 0 Å². The predicted molar refractivity (Wildman–Crippen MR) is 120 cm³/mol. The van der Waals surface area contributed by atoms with Crippen LogP contribution in [0.25, 0.3) is 0 Å². The van der Waals surface area contributed by atoms with Gasteiger partial charge in [0.05, 0.1) is 18.8 Å². The summed E-state index contributed by atoms with van der Waals surface area (Å²) in [5, 5.41) is 32.2. The summed E-state index contributed by atoms with van der Waals surface area (Å²) in [5.74, 6) is 0.742. The molecule has 4 unspecified atom stereocenters. The Morgan fingerprint density at radius 3 is 2.42 bits per heavy atom. The Morgan fingerprint density at radius 1 is 1.03 bits per heavy atom.